The molecule has 6 nitrogen and oxygen atoms in total. The summed E-state index contributed by atoms with van der Waals surface area (Å²) >= 11 is 0. The van der Waals surface area contributed by atoms with Gasteiger partial charge in [0, 0.05) is 30.5 Å². The Labute approximate surface area is 181 Å². The van der Waals surface area contributed by atoms with E-state index in [9.17, 15) is 0 Å². The van der Waals surface area contributed by atoms with E-state index in [2.05, 4.69) is 22.4 Å². The summed E-state index contributed by atoms with van der Waals surface area (Å²) < 4.78 is 7.50. The van der Waals surface area contributed by atoms with Crippen LogP contribution in [0.5, 0.6) is 0 Å². The number of nitrogens with two attached hydrogens (primary N) is 1. The topological polar surface area (TPSA) is 77.5 Å². The number of ether oxygens (including phenoxy) is 1. The van der Waals surface area contributed by atoms with Crippen LogP contribution in [0.15, 0.2) is 71.9 Å². The van der Waals surface area contributed by atoms with E-state index in [0.717, 1.165) is 42.0 Å². The Kier molecular flexibility index (Phi) is 7.43. The second-order valence-electron chi connectivity index (χ2n) is 6.87. The smallest absolute Gasteiger partial charge is 0.189 e. The third kappa shape index (κ3) is 5.46. The van der Waals surface area contributed by atoms with E-state index in [4.69, 9.17) is 15.6 Å². The zero-order chi connectivity index (χ0) is 19.2. The first kappa shape index (κ1) is 21.1. The maximum Gasteiger partial charge on any atom is 0.189 e. The number of hydrogen-bond donors (Lipinski definition) is 2. The summed E-state index contributed by atoms with van der Waals surface area (Å²) in [6.45, 7) is 1.99. The second kappa shape index (κ2) is 10.2. The molecule has 1 aliphatic rings. The van der Waals surface area contributed by atoms with Crippen molar-refractivity contribution in [3.05, 3.63) is 72.4 Å². The summed E-state index contributed by atoms with van der Waals surface area (Å²) in [5, 5.41) is 7.97. The molecule has 0 aliphatic carbocycles. The standard InChI is InChI=1S/C22H25N5O.BrH/c23-22(25-15-20-12-7-13-28-20)24-14-18-16-27(19-10-5-2-6-11-19)26-21(18)17-8-3-1-4-9-17;/h1-6,8-11,16,20H,7,12-15H2,(H3,23,24,25);1H. The molecule has 0 amide bonds. The van der Waals surface area contributed by atoms with Gasteiger partial charge >= 0.3 is 0 Å². The Balaban J connectivity index is 0.00000240. The lowest BCUT2D eigenvalue weighted by atomic mass is 10.1. The number of para-hydroxylation sites is 1. The fraction of sp³-hybridized carbons (Fsp3) is 0.273. The first-order valence-corrected chi connectivity index (χ1v) is 9.64. The third-order valence-electron chi connectivity index (χ3n) is 4.81. The van der Waals surface area contributed by atoms with Crippen molar-refractivity contribution in [1.82, 2.24) is 15.1 Å². The molecule has 1 fully saturated rings. The molecular formula is C22H26BrN5O. The zero-order valence-electron chi connectivity index (χ0n) is 16.2. The summed E-state index contributed by atoms with van der Waals surface area (Å²) in [6, 6.07) is 20.2. The van der Waals surface area contributed by atoms with E-state index >= 15 is 0 Å². The van der Waals surface area contributed by atoms with E-state index in [-0.39, 0.29) is 23.1 Å². The van der Waals surface area contributed by atoms with Crippen molar-refractivity contribution < 1.29 is 4.74 Å². The molecule has 0 spiro atoms. The molecule has 1 saturated heterocycles. The van der Waals surface area contributed by atoms with Crippen molar-refractivity contribution in [3.8, 4) is 16.9 Å². The SMILES string of the molecule is Br.NC(=NCc1cn(-c2ccccc2)nc1-c1ccccc1)NCC1CCCO1. The monoisotopic (exact) mass is 455 g/mol. The van der Waals surface area contributed by atoms with Gasteiger partial charge in [-0.2, -0.15) is 5.10 Å². The van der Waals surface area contributed by atoms with Crippen LogP contribution in [-0.4, -0.2) is 35.0 Å². The van der Waals surface area contributed by atoms with Gasteiger partial charge in [0.2, 0.25) is 0 Å². The minimum Gasteiger partial charge on any atom is -0.376 e. The number of aliphatic imine (C=N–C) groups is 1. The highest BCUT2D eigenvalue weighted by Crippen LogP contribution is 2.24. The Morgan fingerprint density at radius 1 is 1.14 bits per heavy atom. The normalized spacial score (nSPS) is 16.4. The Hall–Kier alpha value is -2.64. The Morgan fingerprint density at radius 2 is 1.86 bits per heavy atom. The molecule has 0 radical (unpaired) electrons. The minimum atomic E-state index is 0. The number of hydrogen-bond acceptors (Lipinski definition) is 3. The van der Waals surface area contributed by atoms with Crippen molar-refractivity contribution in [1.29, 1.82) is 0 Å². The fourth-order valence-electron chi connectivity index (χ4n) is 3.33. The average molecular weight is 456 g/mol. The first-order valence-electron chi connectivity index (χ1n) is 9.64. The molecule has 3 N–H and O–H groups in total. The molecule has 7 heteroatoms. The van der Waals surface area contributed by atoms with Gasteiger partial charge in [-0.05, 0) is 25.0 Å². The molecule has 1 atom stereocenters. The number of aromatic nitrogens is 2. The number of guanidine groups is 1. The summed E-state index contributed by atoms with van der Waals surface area (Å²) in [4.78, 5) is 4.52. The van der Waals surface area contributed by atoms with Crippen LogP contribution in [0.25, 0.3) is 16.9 Å². The predicted molar refractivity (Wildman–Crippen MR) is 122 cm³/mol. The summed E-state index contributed by atoms with van der Waals surface area (Å²) in [5.41, 5.74) is 10.1. The predicted octanol–water partition coefficient (Wildman–Crippen LogP) is 3.70. The largest absolute Gasteiger partial charge is 0.376 e. The lowest BCUT2D eigenvalue weighted by Crippen LogP contribution is -2.37. The third-order valence-corrected chi connectivity index (χ3v) is 4.81. The molecule has 152 valence electrons. The van der Waals surface area contributed by atoms with Gasteiger partial charge in [-0.15, -0.1) is 17.0 Å². The van der Waals surface area contributed by atoms with Gasteiger partial charge in [-0.1, -0.05) is 48.5 Å². The van der Waals surface area contributed by atoms with Gasteiger partial charge in [-0.25, -0.2) is 9.67 Å². The molecule has 1 aromatic heterocycles. The molecule has 0 bridgehead atoms. The van der Waals surface area contributed by atoms with Gasteiger partial charge in [0.15, 0.2) is 5.96 Å². The maximum atomic E-state index is 6.06. The highest BCUT2D eigenvalue weighted by Gasteiger charge is 2.15. The lowest BCUT2D eigenvalue weighted by molar-refractivity contribution is 0.114. The number of benzene rings is 2. The van der Waals surface area contributed by atoms with Crippen LogP contribution in [-0.2, 0) is 11.3 Å². The molecule has 4 rings (SSSR count). The number of rotatable bonds is 6. The fourth-order valence-corrected chi connectivity index (χ4v) is 3.33. The molecule has 0 saturated carbocycles. The van der Waals surface area contributed by atoms with Crippen molar-refractivity contribution in [2.24, 2.45) is 10.7 Å². The molecule has 2 heterocycles. The molecule has 3 aromatic rings. The van der Waals surface area contributed by atoms with Gasteiger partial charge in [0.1, 0.15) is 0 Å². The van der Waals surface area contributed by atoms with Gasteiger partial charge in [0.05, 0.1) is 24.0 Å². The molecule has 2 aromatic carbocycles. The minimum absolute atomic E-state index is 0. The van der Waals surface area contributed by atoms with Crippen molar-refractivity contribution >= 4 is 22.9 Å². The molecule has 1 aliphatic heterocycles. The van der Waals surface area contributed by atoms with Crippen LogP contribution in [0.4, 0.5) is 0 Å². The van der Waals surface area contributed by atoms with E-state index in [1.165, 1.54) is 0 Å². The van der Waals surface area contributed by atoms with Crippen LogP contribution < -0.4 is 11.1 Å². The molecular weight excluding hydrogens is 430 g/mol. The number of halogens is 1. The van der Waals surface area contributed by atoms with Crippen molar-refractivity contribution in [3.63, 3.8) is 0 Å². The zero-order valence-corrected chi connectivity index (χ0v) is 17.9. The summed E-state index contributed by atoms with van der Waals surface area (Å²) in [7, 11) is 0. The van der Waals surface area contributed by atoms with E-state index < -0.39 is 0 Å². The summed E-state index contributed by atoms with van der Waals surface area (Å²) in [5.74, 6) is 0.432. The van der Waals surface area contributed by atoms with E-state index in [1.807, 2.05) is 59.4 Å². The van der Waals surface area contributed by atoms with Gasteiger partial charge in [-0.3, -0.25) is 0 Å². The Bertz CT molecular complexity index is 921. The van der Waals surface area contributed by atoms with Gasteiger partial charge < -0.3 is 15.8 Å². The number of nitrogens with one attached hydrogen (secondary N) is 1. The Morgan fingerprint density at radius 3 is 2.55 bits per heavy atom. The van der Waals surface area contributed by atoms with Crippen LogP contribution in [0.3, 0.4) is 0 Å². The number of nitrogens with zero attached hydrogens (tertiary/aromatic N) is 3. The maximum absolute atomic E-state index is 6.06. The van der Waals surface area contributed by atoms with Crippen molar-refractivity contribution in [2.45, 2.75) is 25.5 Å². The van der Waals surface area contributed by atoms with Crippen LogP contribution in [0.1, 0.15) is 18.4 Å². The lowest BCUT2D eigenvalue weighted by Gasteiger charge is -2.11. The van der Waals surface area contributed by atoms with E-state index in [0.29, 0.717) is 19.0 Å². The van der Waals surface area contributed by atoms with Crippen LogP contribution in [0.2, 0.25) is 0 Å². The second-order valence-corrected chi connectivity index (χ2v) is 6.87. The summed E-state index contributed by atoms with van der Waals surface area (Å²) in [6.07, 6.45) is 4.44. The quantitative estimate of drug-likeness (QED) is 0.438. The van der Waals surface area contributed by atoms with E-state index in [1.54, 1.807) is 0 Å². The van der Waals surface area contributed by atoms with Crippen LogP contribution in [0, 0.1) is 0 Å². The highest BCUT2D eigenvalue weighted by atomic mass is 79.9. The highest BCUT2D eigenvalue weighted by molar-refractivity contribution is 8.93. The first-order chi connectivity index (χ1) is 13.8. The van der Waals surface area contributed by atoms with Crippen molar-refractivity contribution in [2.75, 3.05) is 13.2 Å². The molecule has 29 heavy (non-hydrogen) atoms. The molecule has 1 unspecified atom stereocenters. The average Bonchev–Trinajstić information content (AvgIpc) is 3.42. The van der Waals surface area contributed by atoms with Gasteiger partial charge in [0.25, 0.3) is 0 Å². The van der Waals surface area contributed by atoms with Crippen LogP contribution >= 0.6 is 17.0 Å².